The third-order valence-corrected chi connectivity index (χ3v) is 4.13. The van der Waals surface area contributed by atoms with Gasteiger partial charge in [-0.05, 0) is 61.5 Å². The fourth-order valence-corrected chi connectivity index (χ4v) is 3.05. The molecule has 0 bridgehead atoms. The standard InChI is InChI=1S/C16H23NO3/c1-18-11-14-10-16-15(19-6-7-20-16)9-13(14)8-12-2-4-17-5-3-12/h9-10,12,17H,2-8,11H2,1H3. The van der Waals surface area contributed by atoms with E-state index in [1.807, 2.05) is 0 Å². The molecule has 0 spiro atoms. The van der Waals surface area contributed by atoms with Crippen LogP contribution in [0.15, 0.2) is 12.1 Å². The van der Waals surface area contributed by atoms with E-state index in [9.17, 15) is 0 Å². The first-order chi connectivity index (χ1) is 9.86. The maximum atomic E-state index is 5.71. The normalized spacial score (nSPS) is 19.1. The molecule has 0 aromatic heterocycles. The number of methoxy groups -OCH3 is 1. The molecule has 4 nitrogen and oxygen atoms in total. The first-order valence-corrected chi connectivity index (χ1v) is 7.48. The molecule has 0 saturated carbocycles. The molecule has 20 heavy (non-hydrogen) atoms. The summed E-state index contributed by atoms with van der Waals surface area (Å²) in [6, 6.07) is 4.25. The molecule has 0 radical (unpaired) electrons. The SMILES string of the molecule is COCc1cc2c(cc1CC1CCNCC1)OCCO2. The molecular weight excluding hydrogens is 254 g/mol. The molecule has 1 aromatic carbocycles. The van der Waals surface area contributed by atoms with Crippen LogP contribution >= 0.6 is 0 Å². The van der Waals surface area contributed by atoms with E-state index in [1.165, 1.54) is 24.0 Å². The maximum Gasteiger partial charge on any atom is 0.161 e. The molecule has 0 unspecified atom stereocenters. The number of nitrogens with one attached hydrogen (secondary N) is 1. The van der Waals surface area contributed by atoms with Crippen molar-refractivity contribution in [1.82, 2.24) is 5.32 Å². The molecule has 1 fully saturated rings. The van der Waals surface area contributed by atoms with Gasteiger partial charge in [-0.15, -0.1) is 0 Å². The van der Waals surface area contributed by atoms with E-state index >= 15 is 0 Å². The molecule has 2 aliphatic heterocycles. The quantitative estimate of drug-likeness (QED) is 0.915. The summed E-state index contributed by atoms with van der Waals surface area (Å²) in [4.78, 5) is 0. The fraction of sp³-hybridized carbons (Fsp3) is 0.625. The molecule has 3 rings (SSSR count). The van der Waals surface area contributed by atoms with Crippen LogP contribution in [0.4, 0.5) is 0 Å². The van der Waals surface area contributed by atoms with E-state index < -0.39 is 0 Å². The van der Waals surface area contributed by atoms with E-state index in [4.69, 9.17) is 14.2 Å². The van der Waals surface area contributed by atoms with Crippen LogP contribution in [0.25, 0.3) is 0 Å². The number of benzene rings is 1. The maximum absolute atomic E-state index is 5.71. The van der Waals surface area contributed by atoms with Gasteiger partial charge in [0.15, 0.2) is 11.5 Å². The highest BCUT2D eigenvalue weighted by Gasteiger charge is 2.19. The van der Waals surface area contributed by atoms with Gasteiger partial charge in [0.05, 0.1) is 6.61 Å². The van der Waals surface area contributed by atoms with Crippen molar-refractivity contribution in [3.63, 3.8) is 0 Å². The summed E-state index contributed by atoms with van der Waals surface area (Å²) in [7, 11) is 1.74. The smallest absolute Gasteiger partial charge is 0.161 e. The average molecular weight is 277 g/mol. The molecule has 1 saturated heterocycles. The second-order valence-corrected chi connectivity index (χ2v) is 5.60. The van der Waals surface area contributed by atoms with Crippen molar-refractivity contribution in [2.75, 3.05) is 33.4 Å². The largest absolute Gasteiger partial charge is 0.486 e. The molecule has 2 heterocycles. The van der Waals surface area contributed by atoms with Gasteiger partial charge >= 0.3 is 0 Å². The number of fused-ring (bicyclic) bond motifs is 1. The highest BCUT2D eigenvalue weighted by molar-refractivity contribution is 5.48. The van der Waals surface area contributed by atoms with Gasteiger partial charge in [-0.1, -0.05) is 0 Å². The minimum atomic E-state index is 0.632. The summed E-state index contributed by atoms with van der Waals surface area (Å²) in [6.45, 7) is 4.18. The van der Waals surface area contributed by atoms with Gasteiger partial charge in [0.2, 0.25) is 0 Å². The Morgan fingerprint density at radius 1 is 1.10 bits per heavy atom. The van der Waals surface area contributed by atoms with E-state index in [0.717, 1.165) is 36.9 Å². The van der Waals surface area contributed by atoms with Gasteiger partial charge < -0.3 is 19.5 Å². The molecular formula is C16H23NO3. The first kappa shape index (κ1) is 13.7. The lowest BCUT2D eigenvalue weighted by Gasteiger charge is -2.25. The summed E-state index contributed by atoms with van der Waals surface area (Å²) >= 11 is 0. The minimum Gasteiger partial charge on any atom is -0.486 e. The van der Waals surface area contributed by atoms with Crippen LogP contribution in [-0.2, 0) is 17.8 Å². The second-order valence-electron chi connectivity index (χ2n) is 5.60. The van der Waals surface area contributed by atoms with Gasteiger partial charge in [0.1, 0.15) is 13.2 Å². The monoisotopic (exact) mass is 277 g/mol. The molecule has 1 N–H and O–H groups in total. The Morgan fingerprint density at radius 3 is 2.40 bits per heavy atom. The zero-order chi connectivity index (χ0) is 13.8. The van der Waals surface area contributed by atoms with Crippen molar-refractivity contribution < 1.29 is 14.2 Å². The van der Waals surface area contributed by atoms with Crippen molar-refractivity contribution >= 4 is 0 Å². The Balaban J connectivity index is 1.82. The van der Waals surface area contributed by atoms with Crippen LogP contribution in [0, 0.1) is 5.92 Å². The fourth-order valence-electron chi connectivity index (χ4n) is 3.05. The molecule has 4 heteroatoms. The van der Waals surface area contributed by atoms with Crippen LogP contribution < -0.4 is 14.8 Å². The zero-order valence-corrected chi connectivity index (χ0v) is 12.1. The summed E-state index contributed by atoms with van der Waals surface area (Å²) in [6.07, 6.45) is 3.61. The van der Waals surface area contributed by atoms with Crippen molar-refractivity contribution in [3.05, 3.63) is 23.3 Å². The van der Waals surface area contributed by atoms with E-state index in [1.54, 1.807) is 7.11 Å². The van der Waals surface area contributed by atoms with Crippen molar-refractivity contribution in [2.45, 2.75) is 25.9 Å². The van der Waals surface area contributed by atoms with Crippen molar-refractivity contribution in [3.8, 4) is 11.5 Å². The summed E-state index contributed by atoms with van der Waals surface area (Å²) < 4.78 is 16.7. The summed E-state index contributed by atoms with van der Waals surface area (Å²) in [5.41, 5.74) is 2.58. The van der Waals surface area contributed by atoms with E-state index in [0.29, 0.717) is 19.8 Å². The third kappa shape index (κ3) is 3.07. The molecule has 2 aliphatic rings. The molecule has 1 aromatic rings. The highest BCUT2D eigenvalue weighted by Crippen LogP contribution is 2.35. The predicted octanol–water partition coefficient (Wildman–Crippen LogP) is 2.15. The lowest BCUT2D eigenvalue weighted by atomic mass is 9.89. The predicted molar refractivity (Wildman–Crippen MR) is 77.4 cm³/mol. The Hall–Kier alpha value is -1.26. The molecule has 110 valence electrons. The second kappa shape index (κ2) is 6.46. The van der Waals surface area contributed by atoms with E-state index in [-0.39, 0.29) is 0 Å². The lowest BCUT2D eigenvalue weighted by molar-refractivity contribution is 0.166. The van der Waals surface area contributed by atoms with Gasteiger partial charge in [-0.2, -0.15) is 0 Å². The lowest BCUT2D eigenvalue weighted by Crippen LogP contribution is -2.29. The topological polar surface area (TPSA) is 39.7 Å². The Morgan fingerprint density at radius 2 is 1.75 bits per heavy atom. The Labute approximate surface area is 120 Å². The third-order valence-electron chi connectivity index (χ3n) is 4.13. The summed E-state index contributed by atoms with van der Waals surface area (Å²) in [5.74, 6) is 2.51. The molecule has 0 aliphatic carbocycles. The number of rotatable bonds is 4. The van der Waals surface area contributed by atoms with Crippen LogP contribution in [-0.4, -0.2) is 33.4 Å². The average Bonchev–Trinajstić information content (AvgIpc) is 2.49. The van der Waals surface area contributed by atoms with Gasteiger partial charge in [0.25, 0.3) is 0 Å². The highest BCUT2D eigenvalue weighted by atomic mass is 16.6. The number of hydrogen-bond acceptors (Lipinski definition) is 4. The van der Waals surface area contributed by atoms with Gasteiger partial charge in [-0.25, -0.2) is 0 Å². The van der Waals surface area contributed by atoms with Gasteiger partial charge in [0, 0.05) is 7.11 Å². The zero-order valence-electron chi connectivity index (χ0n) is 12.1. The van der Waals surface area contributed by atoms with Crippen LogP contribution in [0.5, 0.6) is 11.5 Å². The van der Waals surface area contributed by atoms with Crippen LogP contribution in [0.1, 0.15) is 24.0 Å². The van der Waals surface area contributed by atoms with Crippen LogP contribution in [0.2, 0.25) is 0 Å². The van der Waals surface area contributed by atoms with E-state index in [2.05, 4.69) is 17.4 Å². The Kier molecular flexibility index (Phi) is 4.43. The minimum absolute atomic E-state index is 0.632. The van der Waals surface area contributed by atoms with Crippen molar-refractivity contribution in [2.24, 2.45) is 5.92 Å². The molecule has 0 amide bonds. The number of hydrogen-bond donors (Lipinski definition) is 1. The first-order valence-electron chi connectivity index (χ1n) is 7.48. The summed E-state index contributed by atoms with van der Waals surface area (Å²) in [5, 5.41) is 3.42. The van der Waals surface area contributed by atoms with Crippen LogP contribution in [0.3, 0.4) is 0 Å². The van der Waals surface area contributed by atoms with Gasteiger partial charge in [-0.3, -0.25) is 0 Å². The van der Waals surface area contributed by atoms with Crippen molar-refractivity contribution in [1.29, 1.82) is 0 Å². The number of ether oxygens (including phenoxy) is 3. The number of piperidine rings is 1. The Bertz CT molecular complexity index is 455. The molecule has 0 atom stereocenters.